The van der Waals surface area contributed by atoms with Crippen molar-refractivity contribution in [2.24, 2.45) is 5.92 Å². The van der Waals surface area contributed by atoms with Gasteiger partial charge in [-0.05, 0) is 25.8 Å². The fraction of sp³-hybridized carbons (Fsp3) is 0.667. The van der Waals surface area contributed by atoms with Crippen LogP contribution in [0, 0.1) is 12.8 Å². The summed E-state index contributed by atoms with van der Waals surface area (Å²) in [6.45, 7) is 4.69. The number of likely N-dealkylation sites (tertiary alicyclic amines) is 1. The van der Waals surface area contributed by atoms with Crippen LogP contribution in [0.3, 0.4) is 0 Å². The lowest BCUT2D eigenvalue weighted by atomic mass is 9.99. The standard InChI is InChI=1S/C15H21N3O3/c1-11-2-3-14(17-16-11)21-13-4-7-18(10-13)15(19)12-5-8-20-9-6-12/h2-3,12-13H,4-10H2,1H3. The zero-order valence-electron chi connectivity index (χ0n) is 12.3. The molecule has 1 aromatic rings. The number of hydrogen-bond acceptors (Lipinski definition) is 5. The molecule has 1 aromatic heterocycles. The van der Waals surface area contributed by atoms with E-state index in [1.165, 1.54) is 0 Å². The van der Waals surface area contributed by atoms with Gasteiger partial charge in [0.1, 0.15) is 6.10 Å². The zero-order valence-corrected chi connectivity index (χ0v) is 12.3. The Hall–Kier alpha value is -1.69. The third kappa shape index (κ3) is 3.50. The Morgan fingerprint density at radius 3 is 2.81 bits per heavy atom. The van der Waals surface area contributed by atoms with Gasteiger partial charge in [0.15, 0.2) is 0 Å². The number of nitrogens with zero attached hydrogens (tertiary/aromatic N) is 3. The molecule has 2 fully saturated rings. The van der Waals surface area contributed by atoms with Gasteiger partial charge in [-0.1, -0.05) is 0 Å². The van der Waals surface area contributed by atoms with Gasteiger partial charge in [0, 0.05) is 38.2 Å². The lowest BCUT2D eigenvalue weighted by Crippen LogP contribution is -2.38. The molecule has 1 amide bonds. The summed E-state index contributed by atoms with van der Waals surface area (Å²) < 4.78 is 11.1. The lowest BCUT2D eigenvalue weighted by molar-refractivity contribution is -0.137. The van der Waals surface area contributed by atoms with Crippen LogP contribution >= 0.6 is 0 Å². The summed E-state index contributed by atoms with van der Waals surface area (Å²) in [5.41, 5.74) is 0.866. The normalized spacial score (nSPS) is 23.3. The first-order valence-corrected chi connectivity index (χ1v) is 7.56. The maximum Gasteiger partial charge on any atom is 0.233 e. The van der Waals surface area contributed by atoms with Crippen molar-refractivity contribution in [3.63, 3.8) is 0 Å². The zero-order chi connectivity index (χ0) is 14.7. The Bertz CT molecular complexity index is 485. The highest BCUT2D eigenvalue weighted by atomic mass is 16.5. The number of amides is 1. The number of aryl methyl sites for hydroxylation is 1. The molecule has 2 aliphatic heterocycles. The molecule has 21 heavy (non-hydrogen) atoms. The van der Waals surface area contributed by atoms with Crippen LogP contribution in [-0.4, -0.2) is 53.4 Å². The van der Waals surface area contributed by atoms with Gasteiger partial charge >= 0.3 is 0 Å². The van der Waals surface area contributed by atoms with Crippen LogP contribution in [0.2, 0.25) is 0 Å². The van der Waals surface area contributed by atoms with Gasteiger partial charge in [-0.15, -0.1) is 5.10 Å². The summed E-state index contributed by atoms with van der Waals surface area (Å²) >= 11 is 0. The Morgan fingerprint density at radius 2 is 2.10 bits per heavy atom. The number of ether oxygens (including phenoxy) is 2. The van der Waals surface area contributed by atoms with Crippen molar-refractivity contribution >= 4 is 5.91 Å². The minimum atomic E-state index is 0.0193. The average molecular weight is 291 g/mol. The molecule has 114 valence electrons. The molecule has 0 spiro atoms. The van der Waals surface area contributed by atoms with Gasteiger partial charge in [-0.25, -0.2) is 0 Å². The second kappa shape index (κ2) is 6.39. The van der Waals surface area contributed by atoms with Gasteiger partial charge in [0.05, 0.1) is 12.2 Å². The minimum absolute atomic E-state index is 0.0193. The number of rotatable bonds is 3. The van der Waals surface area contributed by atoms with Crippen LogP contribution < -0.4 is 4.74 Å². The van der Waals surface area contributed by atoms with Gasteiger partial charge < -0.3 is 14.4 Å². The number of aromatic nitrogens is 2. The smallest absolute Gasteiger partial charge is 0.233 e. The summed E-state index contributed by atoms with van der Waals surface area (Å²) in [5.74, 6) is 0.905. The molecule has 0 N–H and O–H groups in total. The topological polar surface area (TPSA) is 64.5 Å². The molecule has 6 heteroatoms. The van der Waals surface area contributed by atoms with Crippen LogP contribution in [0.5, 0.6) is 5.88 Å². The largest absolute Gasteiger partial charge is 0.471 e. The van der Waals surface area contributed by atoms with Crippen LogP contribution in [0.25, 0.3) is 0 Å². The quantitative estimate of drug-likeness (QED) is 0.837. The number of hydrogen-bond donors (Lipinski definition) is 0. The van der Waals surface area contributed by atoms with E-state index in [0.717, 1.165) is 31.5 Å². The monoisotopic (exact) mass is 291 g/mol. The minimum Gasteiger partial charge on any atom is -0.471 e. The molecule has 0 bridgehead atoms. The molecule has 2 aliphatic rings. The van der Waals surface area contributed by atoms with Crippen molar-refractivity contribution in [2.45, 2.75) is 32.3 Å². The van der Waals surface area contributed by atoms with E-state index in [2.05, 4.69) is 10.2 Å². The van der Waals surface area contributed by atoms with Crippen LogP contribution in [0.15, 0.2) is 12.1 Å². The van der Waals surface area contributed by atoms with E-state index in [-0.39, 0.29) is 17.9 Å². The highest BCUT2D eigenvalue weighted by Gasteiger charge is 2.32. The Labute approximate surface area is 124 Å². The van der Waals surface area contributed by atoms with Crippen molar-refractivity contribution in [2.75, 3.05) is 26.3 Å². The molecule has 2 saturated heterocycles. The van der Waals surface area contributed by atoms with E-state index in [4.69, 9.17) is 9.47 Å². The van der Waals surface area contributed by atoms with Crippen LogP contribution in [0.4, 0.5) is 0 Å². The summed E-state index contributed by atoms with van der Waals surface area (Å²) in [4.78, 5) is 14.3. The van der Waals surface area contributed by atoms with Crippen LogP contribution in [-0.2, 0) is 9.53 Å². The molecular weight excluding hydrogens is 270 g/mol. The van der Waals surface area contributed by atoms with Crippen molar-refractivity contribution < 1.29 is 14.3 Å². The van der Waals surface area contributed by atoms with E-state index in [0.29, 0.717) is 25.6 Å². The van der Waals surface area contributed by atoms with Gasteiger partial charge in [-0.3, -0.25) is 4.79 Å². The summed E-state index contributed by atoms with van der Waals surface area (Å²) in [5, 5.41) is 7.99. The first-order chi connectivity index (χ1) is 10.2. The molecule has 0 aliphatic carbocycles. The van der Waals surface area contributed by atoms with E-state index < -0.39 is 0 Å². The molecule has 0 radical (unpaired) electrons. The SMILES string of the molecule is Cc1ccc(OC2CCN(C(=O)C3CCOCC3)C2)nn1. The molecule has 3 heterocycles. The van der Waals surface area contributed by atoms with Gasteiger partial charge in [-0.2, -0.15) is 5.10 Å². The maximum atomic E-state index is 12.4. The highest BCUT2D eigenvalue weighted by Crippen LogP contribution is 2.22. The van der Waals surface area contributed by atoms with E-state index in [1.807, 2.05) is 24.0 Å². The highest BCUT2D eigenvalue weighted by molar-refractivity contribution is 5.79. The fourth-order valence-corrected chi connectivity index (χ4v) is 2.85. The van der Waals surface area contributed by atoms with Crippen LogP contribution in [0.1, 0.15) is 25.0 Å². The van der Waals surface area contributed by atoms with Crippen molar-refractivity contribution in [1.29, 1.82) is 0 Å². The first kappa shape index (κ1) is 14.3. The molecule has 3 rings (SSSR count). The Balaban J connectivity index is 1.52. The molecule has 6 nitrogen and oxygen atoms in total. The summed E-state index contributed by atoms with van der Waals surface area (Å²) in [6, 6.07) is 3.70. The van der Waals surface area contributed by atoms with Gasteiger partial charge in [0.25, 0.3) is 0 Å². The third-order valence-corrected chi connectivity index (χ3v) is 4.09. The molecular formula is C15H21N3O3. The predicted octanol–water partition coefficient (Wildman–Crippen LogP) is 1.19. The average Bonchev–Trinajstić information content (AvgIpc) is 2.98. The summed E-state index contributed by atoms with van der Waals surface area (Å²) in [7, 11) is 0. The molecule has 1 atom stereocenters. The lowest BCUT2D eigenvalue weighted by Gasteiger charge is -2.26. The van der Waals surface area contributed by atoms with Crippen molar-refractivity contribution in [3.8, 4) is 5.88 Å². The Morgan fingerprint density at radius 1 is 1.29 bits per heavy atom. The van der Waals surface area contributed by atoms with Crippen molar-refractivity contribution in [1.82, 2.24) is 15.1 Å². The molecule has 0 aromatic carbocycles. The van der Waals surface area contributed by atoms with Gasteiger partial charge in [0.2, 0.25) is 11.8 Å². The summed E-state index contributed by atoms with van der Waals surface area (Å²) in [6.07, 6.45) is 2.55. The van der Waals surface area contributed by atoms with E-state index >= 15 is 0 Å². The third-order valence-electron chi connectivity index (χ3n) is 4.09. The van der Waals surface area contributed by atoms with E-state index in [9.17, 15) is 4.79 Å². The molecule has 1 unspecified atom stereocenters. The molecule has 0 saturated carbocycles. The van der Waals surface area contributed by atoms with Crippen molar-refractivity contribution in [3.05, 3.63) is 17.8 Å². The second-order valence-corrected chi connectivity index (χ2v) is 5.71. The fourth-order valence-electron chi connectivity index (χ4n) is 2.85. The maximum absolute atomic E-state index is 12.4. The number of carbonyl (C=O) groups excluding carboxylic acids is 1. The van der Waals surface area contributed by atoms with E-state index in [1.54, 1.807) is 0 Å². The first-order valence-electron chi connectivity index (χ1n) is 7.56. The number of carbonyl (C=O) groups is 1. The Kier molecular flexibility index (Phi) is 4.34. The predicted molar refractivity (Wildman–Crippen MR) is 75.9 cm³/mol. The second-order valence-electron chi connectivity index (χ2n) is 5.71.